The fourth-order valence-electron chi connectivity index (χ4n) is 4.05. The van der Waals surface area contributed by atoms with Crippen LogP contribution in [0.2, 0.25) is 0 Å². The van der Waals surface area contributed by atoms with Gasteiger partial charge >= 0.3 is 0 Å². The lowest BCUT2D eigenvalue weighted by Crippen LogP contribution is -2.57. The first-order valence-corrected chi connectivity index (χ1v) is 10.4. The van der Waals surface area contributed by atoms with Crippen LogP contribution in [0.3, 0.4) is 0 Å². The van der Waals surface area contributed by atoms with E-state index in [9.17, 15) is 14.3 Å². The van der Waals surface area contributed by atoms with E-state index in [0.717, 1.165) is 63.6 Å². The van der Waals surface area contributed by atoms with E-state index in [1.54, 1.807) is 19.2 Å². The molecule has 2 aliphatic rings. The van der Waals surface area contributed by atoms with Crippen molar-refractivity contribution in [3.63, 3.8) is 0 Å². The Labute approximate surface area is 172 Å². The van der Waals surface area contributed by atoms with Crippen molar-refractivity contribution in [3.05, 3.63) is 35.1 Å². The lowest BCUT2D eigenvalue weighted by atomic mass is 10.1. The predicted octanol–water partition coefficient (Wildman–Crippen LogP) is 1.02. The smallest absolute Gasteiger partial charge is 0.239 e. The van der Waals surface area contributed by atoms with Crippen LogP contribution in [0.15, 0.2) is 23.2 Å². The molecule has 0 aliphatic carbocycles. The number of aliphatic imine (C=N–C) groups is 1. The fourth-order valence-corrected chi connectivity index (χ4v) is 4.05. The number of benzene rings is 1. The number of hydrogen-bond acceptors (Lipinski definition) is 4. The van der Waals surface area contributed by atoms with E-state index in [4.69, 9.17) is 0 Å². The Kier molecular flexibility index (Phi) is 7.44. The molecule has 0 saturated carbocycles. The summed E-state index contributed by atoms with van der Waals surface area (Å²) in [6.45, 7) is 7.19. The van der Waals surface area contributed by atoms with E-state index in [0.29, 0.717) is 12.1 Å². The van der Waals surface area contributed by atoms with Gasteiger partial charge in [-0.1, -0.05) is 6.07 Å². The highest BCUT2D eigenvalue weighted by atomic mass is 19.1. The van der Waals surface area contributed by atoms with Crippen molar-refractivity contribution in [3.8, 4) is 0 Å². The molecule has 0 spiro atoms. The number of nitrogens with one attached hydrogen (secondary N) is 1. The Morgan fingerprint density at radius 3 is 2.48 bits per heavy atom. The summed E-state index contributed by atoms with van der Waals surface area (Å²) in [5.74, 6) is 0.641. The molecule has 7 nitrogen and oxygen atoms in total. The van der Waals surface area contributed by atoms with Crippen LogP contribution in [-0.4, -0.2) is 84.0 Å². The van der Waals surface area contributed by atoms with Crippen LogP contribution in [0.25, 0.3) is 0 Å². The van der Waals surface area contributed by atoms with Crippen molar-refractivity contribution in [2.24, 2.45) is 4.99 Å². The van der Waals surface area contributed by atoms with E-state index >= 15 is 0 Å². The van der Waals surface area contributed by atoms with Gasteiger partial charge in [0.25, 0.3) is 0 Å². The summed E-state index contributed by atoms with van der Waals surface area (Å²) < 4.78 is 13.5. The van der Waals surface area contributed by atoms with Gasteiger partial charge in [-0.25, -0.2) is 4.39 Å². The van der Waals surface area contributed by atoms with E-state index in [1.807, 2.05) is 11.8 Å². The molecule has 2 heterocycles. The van der Waals surface area contributed by atoms with Crippen LogP contribution in [-0.2, 0) is 17.9 Å². The average molecular weight is 406 g/mol. The minimum absolute atomic E-state index is 0.0821. The fraction of sp³-hybridized carbons (Fsp3) is 0.619. The SMILES string of the molecule is CN=C(NCc1ccc(F)c(CO)c1)N1CCN(C(C)C(=O)N2CCCC2)CC1. The molecule has 2 aliphatic heterocycles. The molecule has 3 rings (SSSR count). The molecule has 1 unspecified atom stereocenters. The Morgan fingerprint density at radius 1 is 1.17 bits per heavy atom. The van der Waals surface area contributed by atoms with Crippen molar-refractivity contribution < 1.29 is 14.3 Å². The van der Waals surface area contributed by atoms with Gasteiger partial charge in [0, 0.05) is 58.4 Å². The Hall–Kier alpha value is -2.19. The van der Waals surface area contributed by atoms with E-state index in [-0.39, 0.29) is 18.6 Å². The molecular weight excluding hydrogens is 373 g/mol. The van der Waals surface area contributed by atoms with Crippen molar-refractivity contribution in [2.45, 2.75) is 39.0 Å². The molecule has 1 atom stereocenters. The average Bonchev–Trinajstić information content (AvgIpc) is 3.29. The van der Waals surface area contributed by atoms with Gasteiger partial charge in [0.15, 0.2) is 5.96 Å². The standard InChI is InChI=1S/C21H32FN5O2/c1-16(20(29)26-7-3-4-8-26)25-9-11-27(12-10-25)21(23-2)24-14-17-5-6-19(22)18(13-17)15-28/h5-6,13,16,28H,3-4,7-12,14-15H2,1-2H3,(H,23,24). The maximum atomic E-state index is 13.5. The third kappa shape index (κ3) is 5.25. The zero-order valence-electron chi connectivity index (χ0n) is 17.4. The predicted molar refractivity (Wildman–Crippen MR) is 111 cm³/mol. The number of carbonyl (C=O) groups is 1. The molecule has 0 bridgehead atoms. The quantitative estimate of drug-likeness (QED) is 0.565. The van der Waals surface area contributed by atoms with Gasteiger partial charge in [-0.2, -0.15) is 0 Å². The summed E-state index contributed by atoms with van der Waals surface area (Å²) in [7, 11) is 1.75. The molecule has 2 N–H and O–H groups in total. The van der Waals surface area contributed by atoms with E-state index in [1.165, 1.54) is 6.07 Å². The summed E-state index contributed by atoms with van der Waals surface area (Å²) in [6, 6.07) is 4.67. The molecule has 0 aromatic heterocycles. The lowest BCUT2D eigenvalue weighted by molar-refractivity contribution is -0.135. The lowest BCUT2D eigenvalue weighted by Gasteiger charge is -2.39. The van der Waals surface area contributed by atoms with Gasteiger partial charge < -0.3 is 20.2 Å². The number of hydrogen-bond donors (Lipinski definition) is 2. The third-order valence-corrected chi connectivity index (χ3v) is 5.88. The number of carbonyl (C=O) groups excluding carboxylic acids is 1. The third-order valence-electron chi connectivity index (χ3n) is 5.88. The van der Waals surface area contributed by atoms with E-state index < -0.39 is 5.82 Å². The topological polar surface area (TPSA) is 71.4 Å². The first kappa shape index (κ1) is 21.5. The second kappa shape index (κ2) is 10.0. The molecule has 8 heteroatoms. The Morgan fingerprint density at radius 2 is 1.86 bits per heavy atom. The number of rotatable bonds is 5. The van der Waals surface area contributed by atoms with Crippen LogP contribution in [0.5, 0.6) is 0 Å². The molecule has 1 aromatic carbocycles. The molecule has 2 fully saturated rings. The molecule has 1 aromatic rings. The van der Waals surface area contributed by atoms with Gasteiger partial charge in [0.2, 0.25) is 5.91 Å². The zero-order chi connectivity index (χ0) is 20.8. The normalized spacial score (nSPS) is 19.5. The largest absolute Gasteiger partial charge is 0.392 e. The number of likely N-dealkylation sites (tertiary alicyclic amines) is 1. The highest BCUT2D eigenvalue weighted by molar-refractivity contribution is 5.82. The van der Waals surface area contributed by atoms with Crippen LogP contribution < -0.4 is 5.32 Å². The number of halogens is 1. The van der Waals surface area contributed by atoms with Crippen LogP contribution in [0, 0.1) is 5.82 Å². The monoisotopic (exact) mass is 405 g/mol. The summed E-state index contributed by atoms with van der Waals surface area (Å²) in [5, 5.41) is 12.5. The Bertz CT molecular complexity index is 728. The van der Waals surface area contributed by atoms with Crippen LogP contribution >= 0.6 is 0 Å². The molecule has 0 radical (unpaired) electrons. The minimum Gasteiger partial charge on any atom is -0.392 e. The summed E-state index contributed by atoms with van der Waals surface area (Å²) in [6.07, 6.45) is 2.23. The van der Waals surface area contributed by atoms with Crippen molar-refractivity contribution in [1.29, 1.82) is 0 Å². The van der Waals surface area contributed by atoms with Gasteiger partial charge in [-0.05, 0) is 37.5 Å². The van der Waals surface area contributed by atoms with Gasteiger partial charge in [-0.15, -0.1) is 0 Å². The highest BCUT2D eigenvalue weighted by Gasteiger charge is 2.30. The van der Waals surface area contributed by atoms with Crippen molar-refractivity contribution >= 4 is 11.9 Å². The highest BCUT2D eigenvalue weighted by Crippen LogP contribution is 2.14. The molecular formula is C21H32FN5O2. The summed E-state index contributed by atoms with van der Waals surface area (Å²) >= 11 is 0. The molecule has 160 valence electrons. The zero-order valence-corrected chi connectivity index (χ0v) is 17.4. The Balaban J connectivity index is 1.50. The van der Waals surface area contributed by atoms with Crippen LogP contribution in [0.1, 0.15) is 30.9 Å². The van der Waals surface area contributed by atoms with Crippen LogP contribution in [0.4, 0.5) is 4.39 Å². The van der Waals surface area contributed by atoms with Crippen molar-refractivity contribution in [2.75, 3.05) is 46.3 Å². The van der Waals surface area contributed by atoms with Gasteiger partial charge in [0.1, 0.15) is 5.82 Å². The number of guanidine groups is 1. The molecule has 29 heavy (non-hydrogen) atoms. The maximum Gasteiger partial charge on any atom is 0.239 e. The van der Waals surface area contributed by atoms with E-state index in [2.05, 4.69) is 20.1 Å². The van der Waals surface area contributed by atoms with Gasteiger partial charge in [0.05, 0.1) is 12.6 Å². The number of aliphatic hydroxyl groups excluding tert-OH is 1. The first-order chi connectivity index (χ1) is 14.0. The number of piperazine rings is 1. The van der Waals surface area contributed by atoms with Crippen molar-refractivity contribution in [1.82, 2.24) is 20.0 Å². The first-order valence-electron chi connectivity index (χ1n) is 10.4. The summed E-state index contributed by atoms with van der Waals surface area (Å²) in [5.41, 5.74) is 1.18. The maximum absolute atomic E-state index is 13.5. The second-order valence-electron chi connectivity index (χ2n) is 7.72. The molecule has 2 saturated heterocycles. The summed E-state index contributed by atoms with van der Waals surface area (Å²) in [4.78, 5) is 23.4. The minimum atomic E-state index is -0.394. The molecule has 1 amide bonds. The number of amides is 1. The number of nitrogens with zero attached hydrogens (tertiary/aromatic N) is 4. The second-order valence-corrected chi connectivity index (χ2v) is 7.72. The number of aliphatic hydroxyl groups is 1. The van der Waals surface area contributed by atoms with Gasteiger partial charge in [-0.3, -0.25) is 14.7 Å².